The standard InChI is InChI=1S/C16H20N2O3/c19-11-12-6-9-17(10-12)7-3-8-18-15(20)13-4-1-2-5-14(13)16(18)21/h1-2,4-5,12,19H,3,6-11H2. The number of hydrogen-bond acceptors (Lipinski definition) is 4. The molecule has 1 N–H and O–H groups in total. The van der Waals surface area contributed by atoms with E-state index in [1.165, 1.54) is 4.90 Å². The first-order valence-electron chi connectivity index (χ1n) is 7.49. The van der Waals surface area contributed by atoms with Gasteiger partial charge in [-0.1, -0.05) is 12.1 Å². The van der Waals surface area contributed by atoms with Crippen LogP contribution in [0, 0.1) is 5.92 Å². The number of hydrogen-bond donors (Lipinski definition) is 1. The summed E-state index contributed by atoms with van der Waals surface area (Å²) in [4.78, 5) is 28.0. The fourth-order valence-electron chi connectivity index (χ4n) is 3.16. The van der Waals surface area contributed by atoms with Crippen molar-refractivity contribution in [2.45, 2.75) is 12.8 Å². The van der Waals surface area contributed by atoms with Crippen LogP contribution >= 0.6 is 0 Å². The molecule has 2 heterocycles. The monoisotopic (exact) mass is 288 g/mol. The third-order valence-electron chi connectivity index (χ3n) is 4.36. The summed E-state index contributed by atoms with van der Waals surface area (Å²) in [5, 5.41) is 9.13. The molecular formula is C16H20N2O3. The first-order chi connectivity index (χ1) is 10.2. The van der Waals surface area contributed by atoms with E-state index < -0.39 is 0 Å². The summed E-state index contributed by atoms with van der Waals surface area (Å²) >= 11 is 0. The smallest absolute Gasteiger partial charge is 0.261 e. The Morgan fingerprint density at radius 3 is 2.33 bits per heavy atom. The van der Waals surface area contributed by atoms with Gasteiger partial charge in [-0.25, -0.2) is 0 Å². The fourth-order valence-corrected chi connectivity index (χ4v) is 3.16. The van der Waals surface area contributed by atoms with E-state index in [0.29, 0.717) is 23.6 Å². The summed E-state index contributed by atoms with van der Waals surface area (Å²) in [6.45, 7) is 3.48. The van der Waals surface area contributed by atoms with Gasteiger partial charge in [0.05, 0.1) is 11.1 Å². The van der Waals surface area contributed by atoms with Crippen molar-refractivity contribution in [3.63, 3.8) is 0 Å². The van der Waals surface area contributed by atoms with Crippen molar-refractivity contribution >= 4 is 11.8 Å². The molecule has 0 bridgehead atoms. The summed E-state index contributed by atoms with van der Waals surface area (Å²) in [6.07, 6.45) is 1.81. The highest BCUT2D eigenvalue weighted by molar-refractivity contribution is 6.21. The van der Waals surface area contributed by atoms with Gasteiger partial charge < -0.3 is 10.0 Å². The SMILES string of the molecule is O=C1c2ccccc2C(=O)N1CCCN1CCC(CO)C1. The minimum Gasteiger partial charge on any atom is -0.396 e. The molecule has 0 saturated carbocycles. The molecule has 0 aromatic heterocycles. The average Bonchev–Trinajstić information content (AvgIpc) is 3.06. The van der Waals surface area contributed by atoms with E-state index in [1.54, 1.807) is 24.3 Å². The number of amides is 2. The maximum absolute atomic E-state index is 12.2. The lowest BCUT2D eigenvalue weighted by molar-refractivity contribution is 0.0648. The van der Waals surface area contributed by atoms with Gasteiger partial charge in [0.1, 0.15) is 0 Å². The summed E-state index contributed by atoms with van der Waals surface area (Å²) in [6, 6.07) is 6.99. The molecule has 5 heteroatoms. The second kappa shape index (κ2) is 5.95. The van der Waals surface area contributed by atoms with Crippen LogP contribution in [0.2, 0.25) is 0 Å². The second-order valence-corrected chi connectivity index (χ2v) is 5.80. The molecule has 2 aliphatic rings. The highest BCUT2D eigenvalue weighted by Crippen LogP contribution is 2.22. The molecule has 1 fully saturated rings. The Hall–Kier alpha value is -1.72. The number of nitrogens with zero attached hydrogens (tertiary/aromatic N) is 2. The first-order valence-corrected chi connectivity index (χ1v) is 7.49. The molecule has 1 unspecified atom stereocenters. The molecule has 1 atom stereocenters. The third kappa shape index (κ3) is 2.71. The highest BCUT2D eigenvalue weighted by atomic mass is 16.3. The van der Waals surface area contributed by atoms with Crippen LogP contribution in [0.5, 0.6) is 0 Å². The number of fused-ring (bicyclic) bond motifs is 1. The van der Waals surface area contributed by atoms with E-state index in [9.17, 15) is 9.59 Å². The van der Waals surface area contributed by atoms with Crippen LogP contribution in [-0.2, 0) is 0 Å². The number of imide groups is 1. The van der Waals surface area contributed by atoms with Crippen molar-refractivity contribution in [2.75, 3.05) is 32.8 Å². The lowest BCUT2D eigenvalue weighted by Crippen LogP contribution is -2.33. The van der Waals surface area contributed by atoms with E-state index in [0.717, 1.165) is 32.5 Å². The molecule has 21 heavy (non-hydrogen) atoms. The summed E-state index contributed by atoms with van der Waals surface area (Å²) in [7, 11) is 0. The summed E-state index contributed by atoms with van der Waals surface area (Å²) < 4.78 is 0. The Bertz CT molecular complexity index is 523. The van der Waals surface area contributed by atoms with Gasteiger partial charge in [-0.05, 0) is 44.0 Å². The van der Waals surface area contributed by atoms with Crippen LogP contribution < -0.4 is 0 Å². The molecule has 0 aliphatic carbocycles. The number of aliphatic hydroxyl groups is 1. The third-order valence-corrected chi connectivity index (χ3v) is 4.36. The minimum absolute atomic E-state index is 0.176. The van der Waals surface area contributed by atoms with Gasteiger partial charge in [0.15, 0.2) is 0 Å². The Kier molecular flexibility index (Phi) is 4.03. The van der Waals surface area contributed by atoms with Gasteiger partial charge in [0.2, 0.25) is 0 Å². The van der Waals surface area contributed by atoms with E-state index in [2.05, 4.69) is 4.90 Å². The first kappa shape index (κ1) is 14.2. The predicted octanol–water partition coefficient (Wildman–Crippen LogP) is 0.987. The van der Waals surface area contributed by atoms with E-state index in [1.807, 2.05) is 0 Å². The number of benzene rings is 1. The zero-order valence-corrected chi connectivity index (χ0v) is 12.0. The second-order valence-electron chi connectivity index (χ2n) is 5.80. The number of carbonyl (C=O) groups excluding carboxylic acids is 2. The Morgan fingerprint density at radius 2 is 1.76 bits per heavy atom. The van der Waals surface area contributed by atoms with Crippen molar-refractivity contribution in [3.8, 4) is 0 Å². The van der Waals surface area contributed by atoms with Crippen LogP contribution in [0.4, 0.5) is 0 Å². The van der Waals surface area contributed by atoms with Crippen molar-refractivity contribution in [3.05, 3.63) is 35.4 Å². The largest absolute Gasteiger partial charge is 0.396 e. The normalized spacial score (nSPS) is 22.1. The van der Waals surface area contributed by atoms with Gasteiger partial charge in [0.25, 0.3) is 11.8 Å². The minimum atomic E-state index is -0.176. The molecular weight excluding hydrogens is 268 g/mol. The van der Waals surface area contributed by atoms with Crippen molar-refractivity contribution in [1.82, 2.24) is 9.80 Å². The lowest BCUT2D eigenvalue weighted by Gasteiger charge is -2.18. The van der Waals surface area contributed by atoms with Crippen LogP contribution in [0.15, 0.2) is 24.3 Å². The van der Waals surface area contributed by atoms with Crippen LogP contribution in [-0.4, -0.2) is 59.5 Å². The quantitative estimate of drug-likeness (QED) is 0.821. The molecule has 0 radical (unpaired) electrons. The van der Waals surface area contributed by atoms with E-state index in [4.69, 9.17) is 5.11 Å². The van der Waals surface area contributed by atoms with Gasteiger partial charge >= 0.3 is 0 Å². The molecule has 2 aliphatic heterocycles. The van der Waals surface area contributed by atoms with Crippen molar-refractivity contribution < 1.29 is 14.7 Å². The van der Waals surface area contributed by atoms with E-state index in [-0.39, 0.29) is 18.4 Å². The lowest BCUT2D eigenvalue weighted by atomic mass is 10.1. The number of rotatable bonds is 5. The average molecular weight is 288 g/mol. The maximum atomic E-state index is 12.2. The van der Waals surface area contributed by atoms with Gasteiger partial charge in [-0.3, -0.25) is 14.5 Å². The molecule has 2 amide bonds. The van der Waals surface area contributed by atoms with Crippen LogP contribution in [0.25, 0.3) is 0 Å². The molecule has 3 rings (SSSR count). The van der Waals surface area contributed by atoms with Gasteiger partial charge in [0, 0.05) is 19.7 Å². The van der Waals surface area contributed by atoms with E-state index >= 15 is 0 Å². The maximum Gasteiger partial charge on any atom is 0.261 e. The molecule has 0 spiro atoms. The molecule has 1 saturated heterocycles. The molecule has 1 aromatic carbocycles. The van der Waals surface area contributed by atoms with Gasteiger partial charge in [-0.2, -0.15) is 0 Å². The van der Waals surface area contributed by atoms with Crippen LogP contribution in [0.3, 0.4) is 0 Å². The predicted molar refractivity (Wildman–Crippen MR) is 78.1 cm³/mol. The number of aliphatic hydroxyl groups excluding tert-OH is 1. The van der Waals surface area contributed by atoms with Crippen molar-refractivity contribution in [2.24, 2.45) is 5.92 Å². The van der Waals surface area contributed by atoms with Crippen molar-refractivity contribution in [1.29, 1.82) is 0 Å². The number of carbonyl (C=O) groups is 2. The Morgan fingerprint density at radius 1 is 1.10 bits per heavy atom. The topological polar surface area (TPSA) is 60.9 Å². The van der Waals surface area contributed by atoms with Gasteiger partial charge in [-0.15, -0.1) is 0 Å². The molecule has 112 valence electrons. The highest BCUT2D eigenvalue weighted by Gasteiger charge is 2.34. The molecule has 1 aromatic rings. The Balaban J connectivity index is 1.53. The fraction of sp³-hybridized carbons (Fsp3) is 0.500. The number of likely N-dealkylation sites (tertiary alicyclic amines) is 1. The summed E-state index contributed by atoms with van der Waals surface area (Å²) in [5.74, 6) is 0.0276. The van der Waals surface area contributed by atoms with Crippen LogP contribution in [0.1, 0.15) is 33.6 Å². The zero-order valence-electron chi connectivity index (χ0n) is 12.0. The Labute approximate surface area is 124 Å². The zero-order chi connectivity index (χ0) is 14.8. The summed E-state index contributed by atoms with van der Waals surface area (Å²) in [5.41, 5.74) is 1.04. The molecule has 5 nitrogen and oxygen atoms in total.